The maximum atomic E-state index is 12.6. The Morgan fingerprint density at radius 1 is 1.17 bits per heavy atom. The number of hydrogen-bond donors (Lipinski definition) is 1. The second-order valence-electron chi connectivity index (χ2n) is 5.60. The number of unbranched alkanes of at least 4 members (excludes halogenated alkanes) is 2. The van der Waals surface area contributed by atoms with Crippen LogP contribution >= 0.6 is 11.3 Å². The van der Waals surface area contributed by atoms with E-state index in [9.17, 15) is 4.79 Å². The van der Waals surface area contributed by atoms with E-state index in [0.29, 0.717) is 12.2 Å². The first-order chi connectivity index (χ1) is 11.8. The van der Waals surface area contributed by atoms with E-state index in [0.717, 1.165) is 35.5 Å². The number of aromatic nitrogens is 2. The van der Waals surface area contributed by atoms with Crippen molar-refractivity contribution < 1.29 is 4.79 Å². The molecule has 0 aliphatic rings. The summed E-state index contributed by atoms with van der Waals surface area (Å²) >= 11 is 1.62. The molecule has 2 heterocycles. The molecule has 124 valence electrons. The summed E-state index contributed by atoms with van der Waals surface area (Å²) in [5.41, 5.74) is 2.28. The fourth-order valence-corrected chi connectivity index (χ4v) is 3.20. The Kier molecular flexibility index (Phi) is 5.43. The van der Waals surface area contributed by atoms with Crippen molar-refractivity contribution in [2.24, 2.45) is 0 Å². The molecule has 0 spiro atoms. The van der Waals surface area contributed by atoms with E-state index in [1.807, 2.05) is 53.9 Å². The van der Waals surface area contributed by atoms with Gasteiger partial charge in [0.05, 0.1) is 10.6 Å². The SMILES string of the molecule is CCCCCNC(=O)c1cc(-c2cccs2)nn1-c1ccccc1. The van der Waals surface area contributed by atoms with E-state index < -0.39 is 0 Å². The number of amides is 1. The number of rotatable bonds is 7. The minimum Gasteiger partial charge on any atom is -0.351 e. The fraction of sp³-hybridized carbons (Fsp3) is 0.263. The number of nitrogens with zero attached hydrogens (tertiary/aromatic N) is 2. The van der Waals surface area contributed by atoms with E-state index in [4.69, 9.17) is 0 Å². The van der Waals surface area contributed by atoms with Crippen molar-refractivity contribution in [3.05, 3.63) is 59.6 Å². The van der Waals surface area contributed by atoms with Gasteiger partial charge in [-0.1, -0.05) is 44.0 Å². The normalized spacial score (nSPS) is 10.7. The molecular formula is C19H21N3OS. The molecule has 0 radical (unpaired) electrons. The molecule has 0 atom stereocenters. The molecule has 0 fully saturated rings. The van der Waals surface area contributed by atoms with E-state index in [1.54, 1.807) is 16.0 Å². The maximum absolute atomic E-state index is 12.6. The average molecular weight is 339 g/mol. The molecule has 3 aromatic rings. The van der Waals surface area contributed by atoms with Crippen LogP contribution in [0, 0.1) is 0 Å². The molecule has 1 amide bonds. The zero-order valence-corrected chi connectivity index (χ0v) is 14.6. The molecule has 0 saturated heterocycles. The first-order valence-electron chi connectivity index (χ1n) is 8.27. The van der Waals surface area contributed by atoms with Crippen LogP contribution in [-0.4, -0.2) is 22.2 Å². The minimum absolute atomic E-state index is 0.0785. The van der Waals surface area contributed by atoms with Gasteiger partial charge < -0.3 is 5.32 Å². The first-order valence-corrected chi connectivity index (χ1v) is 9.15. The van der Waals surface area contributed by atoms with Crippen molar-refractivity contribution in [1.29, 1.82) is 0 Å². The quantitative estimate of drug-likeness (QED) is 0.643. The molecule has 4 nitrogen and oxygen atoms in total. The molecule has 24 heavy (non-hydrogen) atoms. The highest BCUT2D eigenvalue weighted by molar-refractivity contribution is 7.13. The van der Waals surface area contributed by atoms with Gasteiger partial charge in [0.2, 0.25) is 0 Å². The highest BCUT2D eigenvalue weighted by Gasteiger charge is 2.17. The first kappa shape index (κ1) is 16.5. The predicted molar refractivity (Wildman–Crippen MR) is 98.7 cm³/mol. The molecule has 0 aliphatic carbocycles. The number of carbonyl (C=O) groups is 1. The smallest absolute Gasteiger partial charge is 0.270 e. The largest absolute Gasteiger partial charge is 0.351 e. The average Bonchev–Trinajstić information content (AvgIpc) is 3.28. The summed E-state index contributed by atoms with van der Waals surface area (Å²) in [6.07, 6.45) is 3.26. The van der Waals surface area contributed by atoms with Gasteiger partial charge in [-0.15, -0.1) is 11.3 Å². The molecule has 5 heteroatoms. The van der Waals surface area contributed by atoms with Gasteiger partial charge in [-0.3, -0.25) is 4.79 Å². The molecule has 0 saturated carbocycles. The molecule has 1 aromatic carbocycles. The summed E-state index contributed by atoms with van der Waals surface area (Å²) in [6.45, 7) is 2.85. The van der Waals surface area contributed by atoms with Crippen molar-refractivity contribution in [3.63, 3.8) is 0 Å². The standard InChI is InChI=1S/C19H21N3OS/c1-2-3-7-12-20-19(23)17-14-16(18-11-8-13-24-18)21-22(17)15-9-5-4-6-10-15/h4-6,8-11,13-14H,2-3,7,12H2,1H3,(H,20,23). The van der Waals surface area contributed by atoms with Crippen LogP contribution in [0.5, 0.6) is 0 Å². The second kappa shape index (κ2) is 7.93. The lowest BCUT2D eigenvalue weighted by Gasteiger charge is -2.08. The van der Waals surface area contributed by atoms with Gasteiger partial charge >= 0.3 is 0 Å². The Balaban J connectivity index is 1.90. The Morgan fingerprint density at radius 3 is 2.71 bits per heavy atom. The summed E-state index contributed by atoms with van der Waals surface area (Å²) in [6, 6.07) is 15.6. The van der Waals surface area contributed by atoms with Crippen molar-refractivity contribution >= 4 is 17.2 Å². The number of hydrogen-bond acceptors (Lipinski definition) is 3. The number of nitrogens with one attached hydrogen (secondary N) is 1. The summed E-state index contributed by atoms with van der Waals surface area (Å²) in [4.78, 5) is 13.7. The van der Waals surface area contributed by atoms with Crippen LogP contribution < -0.4 is 5.32 Å². The lowest BCUT2D eigenvalue weighted by Crippen LogP contribution is -2.26. The summed E-state index contributed by atoms with van der Waals surface area (Å²) in [5.74, 6) is -0.0785. The lowest BCUT2D eigenvalue weighted by molar-refractivity contribution is 0.0945. The van der Waals surface area contributed by atoms with Gasteiger partial charge in [-0.05, 0) is 36.1 Å². The third-order valence-electron chi connectivity index (χ3n) is 3.78. The molecule has 1 N–H and O–H groups in total. The zero-order chi connectivity index (χ0) is 16.8. The van der Waals surface area contributed by atoms with Crippen molar-refractivity contribution in [3.8, 4) is 16.3 Å². The van der Waals surface area contributed by atoms with E-state index in [-0.39, 0.29) is 5.91 Å². The van der Waals surface area contributed by atoms with Crippen molar-refractivity contribution in [2.45, 2.75) is 26.2 Å². The minimum atomic E-state index is -0.0785. The second-order valence-corrected chi connectivity index (χ2v) is 6.55. The molecule has 2 aromatic heterocycles. The number of para-hydroxylation sites is 1. The van der Waals surface area contributed by atoms with Gasteiger partial charge in [0, 0.05) is 6.54 Å². The van der Waals surface area contributed by atoms with E-state index >= 15 is 0 Å². The summed E-state index contributed by atoms with van der Waals surface area (Å²) in [5, 5.41) is 9.68. The Morgan fingerprint density at radius 2 is 2.00 bits per heavy atom. The van der Waals surface area contributed by atoms with Gasteiger partial charge in [-0.25, -0.2) is 4.68 Å². The van der Waals surface area contributed by atoms with E-state index in [1.165, 1.54) is 0 Å². The van der Waals surface area contributed by atoms with Crippen LogP contribution in [-0.2, 0) is 0 Å². The molecule has 3 rings (SSSR count). The molecule has 0 unspecified atom stereocenters. The molecule has 0 bridgehead atoms. The van der Waals surface area contributed by atoms with Crippen LogP contribution in [0.3, 0.4) is 0 Å². The number of thiophene rings is 1. The van der Waals surface area contributed by atoms with Gasteiger partial charge in [0.25, 0.3) is 5.91 Å². The zero-order valence-electron chi connectivity index (χ0n) is 13.7. The molecule has 0 aliphatic heterocycles. The third kappa shape index (κ3) is 3.74. The van der Waals surface area contributed by atoms with Gasteiger partial charge in [0.15, 0.2) is 0 Å². The van der Waals surface area contributed by atoms with Crippen molar-refractivity contribution in [1.82, 2.24) is 15.1 Å². The highest BCUT2D eigenvalue weighted by atomic mass is 32.1. The van der Waals surface area contributed by atoms with Crippen LogP contribution in [0.2, 0.25) is 0 Å². The van der Waals surface area contributed by atoms with Crippen LogP contribution in [0.25, 0.3) is 16.3 Å². The highest BCUT2D eigenvalue weighted by Crippen LogP contribution is 2.25. The topological polar surface area (TPSA) is 46.9 Å². The monoisotopic (exact) mass is 339 g/mol. The van der Waals surface area contributed by atoms with E-state index in [2.05, 4.69) is 17.3 Å². The lowest BCUT2D eigenvalue weighted by atomic mass is 10.2. The van der Waals surface area contributed by atoms with Crippen molar-refractivity contribution in [2.75, 3.05) is 6.54 Å². The van der Waals surface area contributed by atoms with Crippen LogP contribution in [0.1, 0.15) is 36.7 Å². The van der Waals surface area contributed by atoms with Gasteiger partial charge in [-0.2, -0.15) is 5.10 Å². The summed E-state index contributed by atoms with van der Waals surface area (Å²) in [7, 11) is 0. The third-order valence-corrected chi connectivity index (χ3v) is 4.67. The Bertz CT molecular complexity index is 778. The van der Waals surface area contributed by atoms with Crippen LogP contribution in [0.4, 0.5) is 0 Å². The number of carbonyl (C=O) groups excluding carboxylic acids is 1. The predicted octanol–water partition coefficient (Wildman–Crippen LogP) is 4.52. The van der Waals surface area contributed by atoms with Crippen LogP contribution in [0.15, 0.2) is 53.9 Å². The maximum Gasteiger partial charge on any atom is 0.270 e. The Hall–Kier alpha value is -2.40. The fourth-order valence-electron chi connectivity index (χ4n) is 2.52. The molecular weight excluding hydrogens is 318 g/mol. The van der Waals surface area contributed by atoms with Gasteiger partial charge in [0.1, 0.15) is 11.4 Å². The summed E-state index contributed by atoms with van der Waals surface area (Å²) < 4.78 is 1.73. The Labute approximate surface area is 146 Å². The number of benzene rings is 1.